The van der Waals surface area contributed by atoms with Gasteiger partial charge in [0.05, 0.1) is 10.2 Å². The van der Waals surface area contributed by atoms with Crippen LogP contribution in [0, 0.1) is 0 Å². The number of alkyl halides is 3. The summed E-state index contributed by atoms with van der Waals surface area (Å²) in [5, 5.41) is 10.6. The lowest BCUT2D eigenvalue weighted by atomic mass is 9.99. The second-order valence-electron chi connectivity index (χ2n) is 7.71. The summed E-state index contributed by atoms with van der Waals surface area (Å²) in [7, 11) is 0. The van der Waals surface area contributed by atoms with Gasteiger partial charge >= 0.3 is 6.18 Å². The Labute approximate surface area is 188 Å². The SMILES string of the molecule is CCC(C)c1ccc(NC(=S)NCCCn2nc(C(F)(F)F)c(Br)c2C2CC2)cc1. The number of halogens is 4. The van der Waals surface area contributed by atoms with Gasteiger partial charge in [-0.2, -0.15) is 18.3 Å². The van der Waals surface area contributed by atoms with E-state index in [0.717, 1.165) is 24.9 Å². The van der Waals surface area contributed by atoms with E-state index in [0.29, 0.717) is 36.2 Å². The molecule has 1 saturated carbocycles. The minimum absolute atomic E-state index is 0.0866. The number of anilines is 1. The molecule has 2 N–H and O–H groups in total. The smallest absolute Gasteiger partial charge is 0.362 e. The third-order valence-corrected chi connectivity index (χ3v) is 6.37. The standard InChI is InChI=1S/C21H26BrF3N4S/c1-3-13(2)14-7-9-16(10-8-14)27-20(30)26-11-4-12-29-18(15-5-6-15)17(22)19(28-29)21(23,24)25/h7-10,13,15H,3-6,11-12H2,1-2H3,(H2,26,27,30). The number of hydrogen-bond acceptors (Lipinski definition) is 2. The molecule has 0 spiro atoms. The number of rotatable bonds is 8. The van der Waals surface area contributed by atoms with E-state index in [9.17, 15) is 13.2 Å². The Hall–Kier alpha value is -1.61. The Kier molecular flexibility index (Phi) is 7.44. The highest BCUT2D eigenvalue weighted by Crippen LogP contribution is 2.47. The normalized spacial score (nSPS) is 15.1. The molecule has 0 aliphatic heterocycles. The van der Waals surface area contributed by atoms with Crippen molar-refractivity contribution in [1.29, 1.82) is 0 Å². The zero-order valence-electron chi connectivity index (χ0n) is 17.0. The van der Waals surface area contributed by atoms with Crippen LogP contribution in [0.1, 0.15) is 68.3 Å². The van der Waals surface area contributed by atoms with Gasteiger partial charge in [-0.25, -0.2) is 0 Å². The first-order chi connectivity index (χ1) is 14.2. The molecule has 4 nitrogen and oxygen atoms in total. The minimum atomic E-state index is -4.46. The fraction of sp³-hybridized carbons (Fsp3) is 0.524. The summed E-state index contributed by atoms with van der Waals surface area (Å²) >= 11 is 8.44. The van der Waals surface area contributed by atoms with Crippen LogP contribution in [-0.2, 0) is 12.7 Å². The molecule has 1 atom stereocenters. The maximum atomic E-state index is 13.2. The van der Waals surface area contributed by atoms with E-state index in [1.54, 1.807) is 0 Å². The maximum absolute atomic E-state index is 13.2. The molecular formula is C21H26BrF3N4S. The van der Waals surface area contributed by atoms with Crippen LogP contribution in [0.5, 0.6) is 0 Å². The Morgan fingerprint density at radius 2 is 1.97 bits per heavy atom. The van der Waals surface area contributed by atoms with Gasteiger partial charge in [-0.05, 0) is 77.4 Å². The van der Waals surface area contributed by atoms with Crippen molar-refractivity contribution < 1.29 is 13.2 Å². The molecule has 1 aromatic heterocycles. The predicted molar refractivity (Wildman–Crippen MR) is 121 cm³/mol. The van der Waals surface area contributed by atoms with Gasteiger partial charge in [0.1, 0.15) is 0 Å². The van der Waals surface area contributed by atoms with Crippen molar-refractivity contribution in [3.8, 4) is 0 Å². The predicted octanol–water partition coefficient (Wildman–Crippen LogP) is 6.43. The summed E-state index contributed by atoms with van der Waals surface area (Å²) < 4.78 is 41.1. The number of aromatic nitrogens is 2. The molecule has 0 saturated heterocycles. The average molecular weight is 503 g/mol. The Morgan fingerprint density at radius 3 is 2.53 bits per heavy atom. The Morgan fingerprint density at radius 1 is 1.30 bits per heavy atom. The van der Waals surface area contributed by atoms with E-state index in [-0.39, 0.29) is 10.4 Å². The van der Waals surface area contributed by atoms with Crippen LogP contribution in [0.3, 0.4) is 0 Å². The van der Waals surface area contributed by atoms with Crippen LogP contribution in [-0.4, -0.2) is 21.4 Å². The second kappa shape index (κ2) is 9.68. The molecule has 1 aliphatic carbocycles. The van der Waals surface area contributed by atoms with Crippen molar-refractivity contribution in [2.75, 3.05) is 11.9 Å². The topological polar surface area (TPSA) is 41.9 Å². The van der Waals surface area contributed by atoms with Crippen LogP contribution in [0.2, 0.25) is 0 Å². The summed E-state index contributed by atoms with van der Waals surface area (Å²) in [5.41, 5.74) is 2.01. The zero-order valence-corrected chi connectivity index (χ0v) is 19.4. The van der Waals surface area contributed by atoms with Gasteiger partial charge in [0.25, 0.3) is 0 Å². The number of nitrogens with one attached hydrogen (secondary N) is 2. The lowest BCUT2D eigenvalue weighted by molar-refractivity contribution is -0.142. The number of nitrogens with zero attached hydrogens (tertiary/aromatic N) is 2. The first kappa shape index (κ1) is 23.1. The molecule has 2 aromatic rings. The fourth-order valence-electron chi connectivity index (χ4n) is 3.29. The molecule has 0 amide bonds. The van der Waals surface area contributed by atoms with Crippen molar-refractivity contribution >= 4 is 38.9 Å². The third kappa shape index (κ3) is 5.75. The van der Waals surface area contributed by atoms with Crippen molar-refractivity contribution in [3.63, 3.8) is 0 Å². The summed E-state index contributed by atoms with van der Waals surface area (Å²) in [4.78, 5) is 0. The van der Waals surface area contributed by atoms with Crippen LogP contribution in [0.15, 0.2) is 28.7 Å². The number of aryl methyl sites for hydroxylation is 1. The van der Waals surface area contributed by atoms with Crippen molar-refractivity contribution in [2.24, 2.45) is 0 Å². The van der Waals surface area contributed by atoms with E-state index in [2.05, 4.69) is 57.6 Å². The maximum Gasteiger partial charge on any atom is 0.436 e. The van der Waals surface area contributed by atoms with E-state index in [4.69, 9.17) is 12.2 Å². The van der Waals surface area contributed by atoms with Crippen LogP contribution in [0.25, 0.3) is 0 Å². The van der Waals surface area contributed by atoms with E-state index in [1.165, 1.54) is 10.2 Å². The van der Waals surface area contributed by atoms with Gasteiger partial charge in [0, 0.05) is 24.7 Å². The summed E-state index contributed by atoms with van der Waals surface area (Å²) in [6.07, 6.45) is -0.943. The molecule has 1 heterocycles. The van der Waals surface area contributed by atoms with Gasteiger partial charge in [0.15, 0.2) is 10.8 Å². The highest BCUT2D eigenvalue weighted by Gasteiger charge is 2.41. The van der Waals surface area contributed by atoms with Gasteiger partial charge in [0.2, 0.25) is 0 Å². The molecule has 30 heavy (non-hydrogen) atoms. The lowest BCUT2D eigenvalue weighted by Crippen LogP contribution is -2.30. The molecule has 1 fully saturated rings. The molecule has 0 radical (unpaired) electrons. The fourth-order valence-corrected chi connectivity index (χ4v) is 4.34. The first-order valence-corrected chi connectivity index (χ1v) is 11.4. The Bertz CT molecular complexity index is 876. The number of benzene rings is 1. The monoisotopic (exact) mass is 502 g/mol. The van der Waals surface area contributed by atoms with Gasteiger partial charge in [-0.15, -0.1) is 0 Å². The highest BCUT2D eigenvalue weighted by atomic mass is 79.9. The summed E-state index contributed by atoms with van der Waals surface area (Å²) in [6, 6.07) is 8.17. The highest BCUT2D eigenvalue weighted by molar-refractivity contribution is 9.10. The average Bonchev–Trinajstić information content (AvgIpc) is 3.47. The van der Waals surface area contributed by atoms with Crippen LogP contribution in [0.4, 0.5) is 18.9 Å². The lowest BCUT2D eigenvalue weighted by Gasteiger charge is -2.13. The molecule has 1 aromatic carbocycles. The molecule has 0 bridgehead atoms. The molecule has 164 valence electrons. The Balaban J connectivity index is 1.50. The number of hydrogen-bond donors (Lipinski definition) is 2. The van der Waals surface area contributed by atoms with Gasteiger partial charge in [-0.1, -0.05) is 26.0 Å². The van der Waals surface area contributed by atoms with Crippen LogP contribution < -0.4 is 10.6 Å². The van der Waals surface area contributed by atoms with Crippen molar-refractivity contribution in [2.45, 2.75) is 64.1 Å². The van der Waals surface area contributed by atoms with Gasteiger partial charge < -0.3 is 10.6 Å². The quantitative estimate of drug-likeness (QED) is 0.322. The van der Waals surface area contributed by atoms with E-state index >= 15 is 0 Å². The first-order valence-electron chi connectivity index (χ1n) is 10.2. The minimum Gasteiger partial charge on any atom is -0.362 e. The van der Waals surface area contributed by atoms with E-state index < -0.39 is 11.9 Å². The number of thiocarbonyl (C=S) groups is 1. The second-order valence-corrected chi connectivity index (χ2v) is 8.91. The van der Waals surface area contributed by atoms with Crippen LogP contribution >= 0.6 is 28.1 Å². The summed E-state index contributed by atoms with van der Waals surface area (Å²) in [5.74, 6) is 0.682. The van der Waals surface area contributed by atoms with Crippen molar-refractivity contribution in [3.05, 3.63) is 45.7 Å². The molecule has 1 aliphatic rings. The molecular weight excluding hydrogens is 477 g/mol. The zero-order chi connectivity index (χ0) is 21.9. The van der Waals surface area contributed by atoms with E-state index in [1.807, 2.05) is 12.1 Å². The van der Waals surface area contributed by atoms with Gasteiger partial charge in [-0.3, -0.25) is 4.68 Å². The largest absolute Gasteiger partial charge is 0.436 e. The third-order valence-electron chi connectivity index (χ3n) is 5.35. The molecule has 9 heteroatoms. The molecule has 3 rings (SSSR count). The molecule has 1 unspecified atom stereocenters. The van der Waals surface area contributed by atoms with Crippen molar-refractivity contribution in [1.82, 2.24) is 15.1 Å². The summed E-state index contributed by atoms with van der Waals surface area (Å²) in [6.45, 7) is 5.30.